The first-order valence-electron chi connectivity index (χ1n) is 6.76. The molecule has 1 aromatic carbocycles. The van der Waals surface area contributed by atoms with E-state index in [1.807, 2.05) is 38.2 Å². The predicted octanol–water partition coefficient (Wildman–Crippen LogP) is 1.71. The maximum atomic E-state index is 11.9. The number of amides is 1. The number of likely N-dealkylation sites (N-methyl/N-ethyl adjacent to an activating group) is 1. The van der Waals surface area contributed by atoms with E-state index in [0.717, 1.165) is 30.6 Å². The first-order chi connectivity index (χ1) is 9.03. The van der Waals surface area contributed by atoms with E-state index in [-0.39, 0.29) is 5.91 Å². The number of hydrogen-bond acceptors (Lipinski definition) is 3. The SMILES string of the molecule is Cc1ccccc1OCCCN(C)C(=O)C1(N)CC1. The average molecular weight is 262 g/mol. The summed E-state index contributed by atoms with van der Waals surface area (Å²) in [5.41, 5.74) is 6.45. The van der Waals surface area contributed by atoms with Crippen molar-refractivity contribution in [1.29, 1.82) is 0 Å². The number of nitrogens with zero attached hydrogens (tertiary/aromatic N) is 1. The molecule has 2 rings (SSSR count). The van der Waals surface area contributed by atoms with Crippen LogP contribution in [0, 0.1) is 6.92 Å². The lowest BCUT2D eigenvalue weighted by Crippen LogP contribution is -2.44. The number of para-hydroxylation sites is 1. The molecule has 2 N–H and O–H groups in total. The van der Waals surface area contributed by atoms with Crippen molar-refractivity contribution < 1.29 is 9.53 Å². The highest BCUT2D eigenvalue weighted by atomic mass is 16.5. The number of nitrogens with two attached hydrogens (primary N) is 1. The Morgan fingerprint density at radius 1 is 1.42 bits per heavy atom. The summed E-state index contributed by atoms with van der Waals surface area (Å²) in [7, 11) is 1.81. The van der Waals surface area contributed by atoms with E-state index < -0.39 is 5.54 Å². The molecule has 1 amide bonds. The highest BCUT2D eigenvalue weighted by Gasteiger charge is 2.47. The average Bonchev–Trinajstić information content (AvgIpc) is 3.14. The third-order valence-electron chi connectivity index (χ3n) is 3.55. The zero-order valence-electron chi connectivity index (χ0n) is 11.7. The van der Waals surface area contributed by atoms with E-state index in [9.17, 15) is 4.79 Å². The molecule has 4 nitrogen and oxygen atoms in total. The summed E-state index contributed by atoms with van der Waals surface area (Å²) in [5.74, 6) is 0.970. The fraction of sp³-hybridized carbons (Fsp3) is 0.533. The van der Waals surface area contributed by atoms with Gasteiger partial charge >= 0.3 is 0 Å². The van der Waals surface area contributed by atoms with E-state index in [4.69, 9.17) is 10.5 Å². The Morgan fingerprint density at radius 2 is 2.11 bits per heavy atom. The van der Waals surface area contributed by atoms with Gasteiger partial charge in [-0.25, -0.2) is 0 Å². The zero-order chi connectivity index (χ0) is 13.9. The highest BCUT2D eigenvalue weighted by Crippen LogP contribution is 2.33. The van der Waals surface area contributed by atoms with Crippen LogP contribution in [0.15, 0.2) is 24.3 Å². The Hall–Kier alpha value is -1.55. The third-order valence-corrected chi connectivity index (χ3v) is 3.55. The molecule has 0 aliphatic heterocycles. The van der Waals surface area contributed by atoms with Gasteiger partial charge in [-0.1, -0.05) is 18.2 Å². The molecule has 0 atom stereocenters. The molecule has 104 valence electrons. The van der Waals surface area contributed by atoms with Crippen molar-refractivity contribution in [3.63, 3.8) is 0 Å². The summed E-state index contributed by atoms with van der Waals surface area (Å²) >= 11 is 0. The summed E-state index contributed by atoms with van der Waals surface area (Å²) in [4.78, 5) is 13.6. The second-order valence-electron chi connectivity index (χ2n) is 5.35. The minimum atomic E-state index is -0.564. The number of carbonyl (C=O) groups excluding carboxylic acids is 1. The van der Waals surface area contributed by atoms with Crippen LogP contribution < -0.4 is 10.5 Å². The van der Waals surface area contributed by atoms with Crippen LogP contribution in [0.3, 0.4) is 0 Å². The summed E-state index contributed by atoms with van der Waals surface area (Å²) in [6.45, 7) is 3.32. The molecule has 1 saturated carbocycles. The lowest BCUT2D eigenvalue weighted by atomic mass is 10.2. The van der Waals surface area contributed by atoms with Gasteiger partial charge in [0.25, 0.3) is 0 Å². The molecule has 1 aromatic rings. The number of benzene rings is 1. The minimum Gasteiger partial charge on any atom is -0.493 e. The van der Waals surface area contributed by atoms with Crippen LogP contribution in [-0.4, -0.2) is 36.5 Å². The molecular formula is C15H22N2O2. The van der Waals surface area contributed by atoms with E-state index in [0.29, 0.717) is 13.2 Å². The minimum absolute atomic E-state index is 0.0587. The standard InChI is InChI=1S/C15H22N2O2/c1-12-6-3-4-7-13(12)19-11-5-10-17(2)14(18)15(16)8-9-15/h3-4,6-7H,5,8-11,16H2,1-2H3. The van der Waals surface area contributed by atoms with Crippen molar-refractivity contribution in [1.82, 2.24) is 4.90 Å². The Labute approximate surface area is 114 Å². The van der Waals surface area contributed by atoms with Crippen molar-refractivity contribution in [3.8, 4) is 5.75 Å². The zero-order valence-corrected chi connectivity index (χ0v) is 11.7. The van der Waals surface area contributed by atoms with Crippen LogP contribution in [0.1, 0.15) is 24.8 Å². The summed E-state index contributed by atoms with van der Waals surface area (Å²) in [5, 5.41) is 0. The summed E-state index contributed by atoms with van der Waals surface area (Å²) in [6.07, 6.45) is 2.44. The normalized spacial score (nSPS) is 15.9. The van der Waals surface area contributed by atoms with Gasteiger partial charge in [-0.15, -0.1) is 0 Å². The molecule has 0 radical (unpaired) electrons. The van der Waals surface area contributed by atoms with Gasteiger partial charge in [0.2, 0.25) is 5.91 Å². The van der Waals surface area contributed by atoms with Gasteiger partial charge < -0.3 is 15.4 Å². The summed E-state index contributed by atoms with van der Waals surface area (Å²) < 4.78 is 5.70. The smallest absolute Gasteiger partial charge is 0.242 e. The molecule has 1 aliphatic carbocycles. The Morgan fingerprint density at radius 3 is 2.74 bits per heavy atom. The molecule has 19 heavy (non-hydrogen) atoms. The van der Waals surface area contributed by atoms with Crippen LogP contribution in [0.4, 0.5) is 0 Å². The highest BCUT2D eigenvalue weighted by molar-refractivity contribution is 5.88. The van der Waals surface area contributed by atoms with Crippen LogP contribution in [0.25, 0.3) is 0 Å². The van der Waals surface area contributed by atoms with Gasteiger partial charge in [0, 0.05) is 13.6 Å². The third kappa shape index (κ3) is 3.47. The maximum Gasteiger partial charge on any atom is 0.242 e. The van der Waals surface area contributed by atoms with Gasteiger partial charge in [-0.3, -0.25) is 4.79 Å². The number of hydrogen-bond donors (Lipinski definition) is 1. The quantitative estimate of drug-likeness (QED) is 0.794. The van der Waals surface area contributed by atoms with Crippen LogP contribution in [-0.2, 0) is 4.79 Å². The van der Waals surface area contributed by atoms with Crippen molar-refractivity contribution in [2.24, 2.45) is 5.73 Å². The van der Waals surface area contributed by atoms with Crippen LogP contribution in [0.2, 0.25) is 0 Å². The molecule has 0 aromatic heterocycles. The fourth-order valence-corrected chi connectivity index (χ4v) is 2.03. The molecule has 0 spiro atoms. The van der Waals surface area contributed by atoms with Gasteiger partial charge in [0.05, 0.1) is 12.1 Å². The van der Waals surface area contributed by atoms with Gasteiger partial charge in [0.15, 0.2) is 0 Å². The van der Waals surface area contributed by atoms with Crippen molar-refractivity contribution in [2.45, 2.75) is 31.7 Å². The maximum absolute atomic E-state index is 11.9. The number of rotatable bonds is 6. The molecular weight excluding hydrogens is 240 g/mol. The van der Waals surface area contributed by atoms with Crippen molar-refractivity contribution in [2.75, 3.05) is 20.2 Å². The Bertz CT molecular complexity index is 455. The van der Waals surface area contributed by atoms with E-state index in [1.54, 1.807) is 4.90 Å². The number of aryl methyl sites for hydroxylation is 1. The molecule has 0 bridgehead atoms. The van der Waals surface area contributed by atoms with Crippen LogP contribution in [0.5, 0.6) is 5.75 Å². The van der Waals surface area contributed by atoms with Gasteiger partial charge in [-0.2, -0.15) is 0 Å². The lowest BCUT2D eigenvalue weighted by molar-refractivity contribution is -0.132. The molecule has 1 fully saturated rings. The predicted molar refractivity (Wildman–Crippen MR) is 75.1 cm³/mol. The molecule has 0 unspecified atom stereocenters. The summed E-state index contributed by atoms with van der Waals surface area (Å²) in [6, 6.07) is 7.94. The second kappa shape index (κ2) is 5.61. The molecule has 0 heterocycles. The van der Waals surface area contributed by atoms with Crippen LogP contribution >= 0.6 is 0 Å². The van der Waals surface area contributed by atoms with Crippen molar-refractivity contribution in [3.05, 3.63) is 29.8 Å². The molecule has 1 aliphatic rings. The lowest BCUT2D eigenvalue weighted by Gasteiger charge is -2.21. The fourth-order valence-electron chi connectivity index (χ4n) is 2.03. The van der Waals surface area contributed by atoms with E-state index in [2.05, 4.69) is 0 Å². The number of carbonyl (C=O) groups is 1. The van der Waals surface area contributed by atoms with Gasteiger partial charge in [-0.05, 0) is 37.8 Å². The monoisotopic (exact) mass is 262 g/mol. The van der Waals surface area contributed by atoms with Gasteiger partial charge in [0.1, 0.15) is 5.75 Å². The molecule has 0 saturated heterocycles. The first kappa shape index (κ1) is 13.9. The van der Waals surface area contributed by atoms with Crippen molar-refractivity contribution >= 4 is 5.91 Å². The Balaban J connectivity index is 1.69. The Kier molecular flexibility index (Phi) is 4.10. The number of ether oxygens (including phenoxy) is 1. The molecule has 4 heteroatoms. The first-order valence-corrected chi connectivity index (χ1v) is 6.76. The topological polar surface area (TPSA) is 55.6 Å². The van der Waals surface area contributed by atoms with E-state index in [1.165, 1.54) is 0 Å². The van der Waals surface area contributed by atoms with E-state index >= 15 is 0 Å². The largest absolute Gasteiger partial charge is 0.493 e. The second-order valence-corrected chi connectivity index (χ2v) is 5.35.